The van der Waals surface area contributed by atoms with Gasteiger partial charge in [0, 0.05) is 24.2 Å². The van der Waals surface area contributed by atoms with Crippen LogP contribution in [0.3, 0.4) is 0 Å². The monoisotopic (exact) mass is 297 g/mol. The largest absolute Gasteiger partial charge is 0.369 e. The highest BCUT2D eigenvalue weighted by molar-refractivity contribution is 5.93. The lowest BCUT2D eigenvalue weighted by Crippen LogP contribution is -2.42. The lowest BCUT2D eigenvalue weighted by molar-refractivity contribution is -0.117. The molecule has 0 N–H and O–H groups in total. The van der Waals surface area contributed by atoms with Gasteiger partial charge in [0.05, 0.1) is 12.7 Å². The molecule has 0 fully saturated rings. The smallest absolute Gasteiger partial charge is 0.224 e. The Labute approximate surface area is 132 Å². The zero-order valence-electron chi connectivity index (χ0n) is 13.3. The molecule has 0 aliphatic carbocycles. The first-order chi connectivity index (χ1) is 10.6. The molecule has 1 amide bonds. The zero-order valence-corrected chi connectivity index (χ0v) is 13.3. The standard InChI is InChI=1S/C19H23NO2/c1-5-9-16(6-2)13-22-19-12-14(3)20(15(4)21)18-11-8-7-10-17(18)19/h5-11,14,19H,1-2,12-13H2,3-4H3/b16-9+. The Morgan fingerprint density at radius 1 is 1.41 bits per heavy atom. The van der Waals surface area contributed by atoms with Crippen molar-refractivity contribution in [2.24, 2.45) is 0 Å². The predicted molar refractivity (Wildman–Crippen MR) is 90.9 cm³/mol. The number of ether oxygens (including phenoxy) is 1. The molecule has 2 unspecified atom stereocenters. The van der Waals surface area contributed by atoms with E-state index in [-0.39, 0.29) is 18.1 Å². The molecule has 1 heterocycles. The van der Waals surface area contributed by atoms with Gasteiger partial charge in [-0.25, -0.2) is 0 Å². The molecule has 0 saturated carbocycles. The van der Waals surface area contributed by atoms with Crippen LogP contribution in [0.2, 0.25) is 0 Å². The Bertz CT molecular complexity index is 603. The number of fused-ring (bicyclic) bond motifs is 1. The van der Waals surface area contributed by atoms with Crippen LogP contribution in [0.25, 0.3) is 0 Å². The van der Waals surface area contributed by atoms with Crippen molar-refractivity contribution in [3.63, 3.8) is 0 Å². The molecule has 0 spiro atoms. The van der Waals surface area contributed by atoms with Crippen LogP contribution in [-0.2, 0) is 9.53 Å². The van der Waals surface area contributed by atoms with E-state index in [1.165, 1.54) is 0 Å². The minimum absolute atomic E-state index is 0.0186. The van der Waals surface area contributed by atoms with Crippen molar-refractivity contribution in [3.8, 4) is 0 Å². The summed E-state index contributed by atoms with van der Waals surface area (Å²) >= 11 is 0. The number of anilines is 1. The van der Waals surface area contributed by atoms with Crippen molar-refractivity contribution < 1.29 is 9.53 Å². The maximum atomic E-state index is 11.9. The third kappa shape index (κ3) is 3.37. The summed E-state index contributed by atoms with van der Waals surface area (Å²) in [4.78, 5) is 13.8. The molecule has 1 aliphatic rings. The van der Waals surface area contributed by atoms with Crippen LogP contribution in [0.1, 0.15) is 31.9 Å². The van der Waals surface area contributed by atoms with Crippen LogP contribution in [-0.4, -0.2) is 18.6 Å². The van der Waals surface area contributed by atoms with E-state index in [2.05, 4.69) is 20.1 Å². The van der Waals surface area contributed by atoms with Crippen molar-refractivity contribution in [2.75, 3.05) is 11.5 Å². The van der Waals surface area contributed by atoms with Gasteiger partial charge in [-0.3, -0.25) is 4.79 Å². The molecule has 3 nitrogen and oxygen atoms in total. The van der Waals surface area contributed by atoms with Crippen LogP contribution in [0.5, 0.6) is 0 Å². The molecule has 22 heavy (non-hydrogen) atoms. The summed E-state index contributed by atoms with van der Waals surface area (Å²) in [6.07, 6.45) is 6.18. The summed E-state index contributed by atoms with van der Waals surface area (Å²) in [6.45, 7) is 11.6. The summed E-state index contributed by atoms with van der Waals surface area (Å²) in [5.74, 6) is 0.0664. The van der Waals surface area contributed by atoms with Crippen LogP contribution in [0.15, 0.2) is 61.2 Å². The van der Waals surface area contributed by atoms with E-state index in [1.807, 2.05) is 35.2 Å². The van der Waals surface area contributed by atoms with Gasteiger partial charge in [-0.15, -0.1) is 0 Å². The maximum Gasteiger partial charge on any atom is 0.224 e. The average Bonchev–Trinajstić information content (AvgIpc) is 2.50. The van der Waals surface area contributed by atoms with Crippen molar-refractivity contribution >= 4 is 11.6 Å². The highest BCUT2D eigenvalue weighted by Gasteiger charge is 2.32. The first kappa shape index (κ1) is 16.2. The van der Waals surface area contributed by atoms with Gasteiger partial charge in [0.25, 0.3) is 0 Å². The summed E-state index contributed by atoms with van der Waals surface area (Å²) in [5.41, 5.74) is 3.01. The molecule has 0 bridgehead atoms. The van der Waals surface area contributed by atoms with Crippen LogP contribution in [0.4, 0.5) is 5.69 Å². The number of amides is 1. The van der Waals surface area contributed by atoms with Crippen molar-refractivity contribution in [2.45, 2.75) is 32.4 Å². The fourth-order valence-corrected chi connectivity index (χ4v) is 2.92. The Morgan fingerprint density at radius 2 is 2.14 bits per heavy atom. The number of hydrogen-bond acceptors (Lipinski definition) is 2. The van der Waals surface area contributed by atoms with Gasteiger partial charge >= 0.3 is 0 Å². The molecule has 2 atom stereocenters. The lowest BCUT2D eigenvalue weighted by atomic mass is 9.93. The molecule has 0 saturated heterocycles. The molecular weight excluding hydrogens is 274 g/mol. The SMILES string of the molecule is C=C/C=C(\C=C)COC1CC(C)N(C(C)=O)c2ccccc21. The molecule has 3 heteroatoms. The molecule has 0 radical (unpaired) electrons. The van der Waals surface area contributed by atoms with Crippen molar-refractivity contribution in [1.82, 2.24) is 0 Å². The van der Waals surface area contributed by atoms with Crippen molar-refractivity contribution in [3.05, 3.63) is 66.8 Å². The quantitative estimate of drug-likeness (QED) is 0.763. The first-order valence-corrected chi connectivity index (χ1v) is 7.52. The van der Waals surface area contributed by atoms with Gasteiger partial charge in [-0.05, 0) is 25.0 Å². The summed E-state index contributed by atoms with van der Waals surface area (Å²) in [6, 6.07) is 8.07. The average molecular weight is 297 g/mol. The highest BCUT2D eigenvalue weighted by atomic mass is 16.5. The zero-order chi connectivity index (χ0) is 16.1. The van der Waals surface area contributed by atoms with Gasteiger partial charge in [0.1, 0.15) is 0 Å². The minimum atomic E-state index is -0.0186. The van der Waals surface area contributed by atoms with E-state index in [9.17, 15) is 4.79 Å². The maximum absolute atomic E-state index is 11.9. The molecule has 1 aromatic carbocycles. The van der Waals surface area contributed by atoms with E-state index in [0.29, 0.717) is 6.61 Å². The second-order valence-electron chi connectivity index (χ2n) is 5.51. The Hall–Kier alpha value is -2.13. The van der Waals surface area contributed by atoms with Gasteiger partial charge in [0.15, 0.2) is 0 Å². The number of carbonyl (C=O) groups is 1. The van der Waals surface area contributed by atoms with E-state index in [0.717, 1.165) is 23.2 Å². The first-order valence-electron chi connectivity index (χ1n) is 7.52. The summed E-state index contributed by atoms with van der Waals surface area (Å²) in [5, 5.41) is 0. The topological polar surface area (TPSA) is 29.5 Å². The number of allylic oxidation sites excluding steroid dienone is 2. The third-order valence-corrected chi connectivity index (χ3v) is 3.92. The van der Waals surface area contributed by atoms with Gasteiger partial charge < -0.3 is 9.64 Å². The fraction of sp³-hybridized carbons (Fsp3) is 0.316. The minimum Gasteiger partial charge on any atom is -0.369 e. The number of rotatable bonds is 5. The normalized spacial score (nSPS) is 21.2. The van der Waals surface area contributed by atoms with Crippen molar-refractivity contribution in [1.29, 1.82) is 0 Å². The van der Waals surface area contributed by atoms with Crippen LogP contribution >= 0.6 is 0 Å². The van der Waals surface area contributed by atoms with E-state index in [1.54, 1.807) is 19.1 Å². The molecule has 2 rings (SSSR count). The van der Waals surface area contributed by atoms with E-state index in [4.69, 9.17) is 4.74 Å². The number of carbonyl (C=O) groups excluding carboxylic acids is 1. The Balaban J connectivity index is 2.25. The van der Waals surface area contributed by atoms with Crippen LogP contribution in [0, 0.1) is 0 Å². The number of hydrogen-bond donors (Lipinski definition) is 0. The highest BCUT2D eigenvalue weighted by Crippen LogP contribution is 2.39. The third-order valence-electron chi connectivity index (χ3n) is 3.92. The van der Waals surface area contributed by atoms with E-state index >= 15 is 0 Å². The van der Waals surface area contributed by atoms with Crippen LogP contribution < -0.4 is 4.90 Å². The Kier molecular flexibility index (Phi) is 5.34. The Morgan fingerprint density at radius 3 is 2.77 bits per heavy atom. The van der Waals surface area contributed by atoms with E-state index < -0.39 is 0 Å². The number of nitrogens with zero attached hydrogens (tertiary/aromatic N) is 1. The number of benzene rings is 1. The molecular formula is C19H23NO2. The van der Waals surface area contributed by atoms with Gasteiger partial charge in [0.2, 0.25) is 5.91 Å². The number of para-hydroxylation sites is 1. The lowest BCUT2D eigenvalue weighted by Gasteiger charge is -2.38. The summed E-state index contributed by atoms with van der Waals surface area (Å²) < 4.78 is 6.09. The molecule has 1 aliphatic heterocycles. The summed E-state index contributed by atoms with van der Waals surface area (Å²) in [7, 11) is 0. The van der Waals surface area contributed by atoms with Gasteiger partial charge in [-0.2, -0.15) is 0 Å². The second kappa shape index (κ2) is 7.23. The molecule has 116 valence electrons. The molecule has 1 aromatic rings. The predicted octanol–water partition coefficient (Wildman–Crippen LogP) is 4.19. The second-order valence-corrected chi connectivity index (χ2v) is 5.51. The van der Waals surface area contributed by atoms with Gasteiger partial charge in [-0.1, -0.05) is 49.6 Å². The molecule has 0 aromatic heterocycles. The fourth-order valence-electron chi connectivity index (χ4n) is 2.92.